The Morgan fingerprint density at radius 3 is 1.17 bits per heavy atom. The van der Waals surface area contributed by atoms with Crippen LogP contribution in [0.2, 0.25) is 0 Å². The number of hydrogen-bond donors (Lipinski definition) is 2. The van der Waals surface area contributed by atoms with Gasteiger partial charge in [-0.05, 0) is 0 Å². The molecule has 4 nitrogen and oxygen atoms in total. The van der Waals surface area contributed by atoms with Crippen LogP contribution in [-0.4, -0.2) is 49.0 Å². The molecule has 1 radical (unpaired) electrons. The van der Waals surface area contributed by atoms with Gasteiger partial charge in [0.15, 0.2) is 0 Å². The standard InChI is InChI=1S/H2O4Se.Tl/c1-5(2,3)4;/h(H2,1,2,3,4);. The molecular weight excluding hydrogens is 347 g/mol. The quantitative estimate of drug-likeness (QED) is 0.491. The summed E-state index contributed by atoms with van der Waals surface area (Å²) in [6, 6.07) is 0. The van der Waals surface area contributed by atoms with Crippen molar-refractivity contribution in [3.8, 4) is 0 Å². The van der Waals surface area contributed by atoms with Crippen molar-refractivity contribution in [1.82, 2.24) is 0 Å². The van der Waals surface area contributed by atoms with Crippen LogP contribution in [0.3, 0.4) is 0 Å². The summed E-state index contributed by atoms with van der Waals surface area (Å²) in [6.45, 7) is 0. The molecular formula is H2O4SeTl. The molecule has 0 aliphatic heterocycles. The average Bonchev–Trinajstić information content (AvgIpc) is 0.722. The van der Waals surface area contributed by atoms with Crippen LogP contribution in [0, 0.1) is 0 Å². The van der Waals surface area contributed by atoms with Crippen LogP contribution in [-0.2, 0) is 7.67 Å². The van der Waals surface area contributed by atoms with E-state index in [0.29, 0.717) is 0 Å². The minimum atomic E-state index is -5.25. The smallest absolute Gasteiger partial charge is 0 e. The van der Waals surface area contributed by atoms with Crippen LogP contribution in [0.4, 0.5) is 0 Å². The topological polar surface area (TPSA) is 74.6 Å². The zero-order valence-corrected chi connectivity index (χ0v) is 8.90. The molecule has 0 aromatic carbocycles. The van der Waals surface area contributed by atoms with Crippen molar-refractivity contribution in [2.75, 3.05) is 0 Å². The zero-order chi connectivity index (χ0) is 4.50. The van der Waals surface area contributed by atoms with E-state index in [2.05, 4.69) is 0 Å². The minimum Gasteiger partial charge on any atom is 0 e. The van der Waals surface area contributed by atoms with Crippen LogP contribution < -0.4 is 0 Å². The molecule has 0 fully saturated rings. The third-order valence-electron chi connectivity index (χ3n) is 0. The molecule has 0 bridgehead atoms. The predicted octanol–water partition coefficient (Wildman–Crippen LogP) is -2.11. The van der Waals surface area contributed by atoms with E-state index in [4.69, 9.17) is 16.0 Å². The van der Waals surface area contributed by atoms with E-state index in [1.807, 2.05) is 0 Å². The van der Waals surface area contributed by atoms with Gasteiger partial charge in [-0.15, -0.1) is 0 Å². The van der Waals surface area contributed by atoms with E-state index >= 15 is 0 Å². The molecule has 0 aromatic heterocycles. The van der Waals surface area contributed by atoms with Gasteiger partial charge < -0.3 is 0 Å². The van der Waals surface area contributed by atoms with Gasteiger partial charge in [0.05, 0.1) is 0 Å². The van der Waals surface area contributed by atoms with Crippen LogP contribution >= 0.6 is 0 Å². The van der Waals surface area contributed by atoms with Gasteiger partial charge in [0.25, 0.3) is 0 Å². The van der Waals surface area contributed by atoms with Crippen molar-refractivity contribution in [1.29, 1.82) is 0 Å². The van der Waals surface area contributed by atoms with Gasteiger partial charge in [0, 0.05) is 27.3 Å². The Hall–Kier alpha value is 0.962. The van der Waals surface area contributed by atoms with E-state index in [9.17, 15) is 0 Å². The van der Waals surface area contributed by atoms with Gasteiger partial charge in [-0.1, -0.05) is 0 Å². The van der Waals surface area contributed by atoms with Gasteiger partial charge in [-0.25, -0.2) is 0 Å². The average molecular weight is 349 g/mol. The van der Waals surface area contributed by atoms with E-state index < -0.39 is 13.4 Å². The van der Waals surface area contributed by atoms with Crippen LogP contribution in [0.25, 0.3) is 0 Å². The maximum absolute atomic E-state index is 8.82. The second-order valence-electron chi connectivity index (χ2n) is 0.448. The summed E-state index contributed by atoms with van der Waals surface area (Å²) < 4.78 is 31.9. The van der Waals surface area contributed by atoms with Gasteiger partial charge in [0.1, 0.15) is 0 Å². The molecule has 0 amide bonds. The third kappa shape index (κ3) is 84.2. The van der Waals surface area contributed by atoms with E-state index in [-0.39, 0.29) is 27.3 Å². The number of rotatable bonds is 0. The fourth-order valence-electron chi connectivity index (χ4n) is 0. The first-order valence-corrected chi connectivity index (χ1v) is 3.63. The van der Waals surface area contributed by atoms with Gasteiger partial charge >= 0.3 is 29.4 Å². The molecule has 0 aromatic rings. The van der Waals surface area contributed by atoms with Gasteiger partial charge in [-0.2, -0.15) is 0 Å². The minimum absolute atomic E-state index is 0. The Morgan fingerprint density at radius 1 is 1.17 bits per heavy atom. The normalized spacial score (nSPS) is 9.67. The molecule has 0 atom stereocenters. The van der Waals surface area contributed by atoms with Crippen molar-refractivity contribution in [3.63, 3.8) is 0 Å². The summed E-state index contributed by atoms with van der Waals surface area (Å²) in [6.07, 6.45) is 0. The first kappa shape index (κ1) is 10.1. The SMILES string of the molecule is O=[Se](=O)(O)O.[Tl]. The number of hydrogen-bond acceptors (Lipinski definition) is 2. The third-order valence-corrected chi connectivity index (χ3v) is 0. The van der Waals surface area contributed by atoms with Crippen molar-refractivity contribution in [3.05, 3.63) is 0 Å². The van der Waals surface area contributed by atoms with E-state index in [1.165, 1.54) is 0 Å². The first-order chi connectivity index (χ1) is 2.00. The van der Waals surface area contributed by atoms with Crippen molar-refractivity contribution in [2.24, 2.45) is 0 Å². The molecule has 0 saturated carbocycles. The summed E-state index contributed by atoms with van der Waals surface area (Å²) >= 11 is -5.25. The summed E-state index contributed by atoms with van der Waals surface area (Å²) in [4.78, 5) is 0. The second-order valence-corrected chi connectivity index (χ2v) is 2.33. The molecule has 0 spiro atoms. The van der Waals surface area contributed by atoms with E-state index in [1.54, 1.807) is 0 Å². The first-order valence-electron chi connectivity index (χ1n) is 0.698. The van der Waals surface area contributed by atoms with Crippen LogP contribution in [0.5, 0.6) is 0 Å². The molecule has 0 saturated heterocycles. The maximum Gasteiger partial charge on any atom is 0 e. The summed E-state index contributed by atoms with van der Waals surface area (Å²) in [5.41, 5.74) is 0. The van der Waals surface area contributed by atoms with Crippen LogP contribution in [0.1, 0.15) is 0 Å². The summed E-state index contributed by atoms with van der Waals surface area (Å²) in [5, 5.41) is 0. The summed E-state index contributed by atoms with van der Waals surface area (Å²) in [7, 11) is 0. The van der Waals surface area contributed by atoms with Crippen molar-refractivity contribution >= 4 is 40.7 Å². The van der Waals surface area contributed by atoms with E-state index in [0.717, 1.165) is 0 Å². The monoisotopic (exact) mass is 351 g/mol. The van der Waals surface area contributed by atoms with Gasteiger partial charge in [-0.3, -0.25) is 0 Å². The predicted molar refractivity (Wildman–Crippen MR) is 17.3 cm³/mol. The molecule has 0 aliphatic carbocycles. The maximum atomic E-state index is 8.82. The fraction of sp³-hybridized carbons (Fsp3) is 0. The molecule has 2 N–H and O–H groups in total. The molecule has 0 aliphatic rings. The second kappa shape index (κ2) is 3.03. The van der Waals surface area contributed by atoms with Crippen molar-refractivity contribution < 1.29 is 16.0 Å². The molecule has 0 heterocycles. The molecule has 6 heteroatoms. The molecule has 6 heavy (non-hydrogen) atoms. The Balaban J connectivity index is 0. The zero-order valence-electron chi connectivity index (χ0n) is 2.70. The van der Waals surface area contributed by atoms with Crippen LogP contribution in [0.15, 0.2) is 0 Å². The Labute approximate surface area is 56.6 Å². The Kier molecular flexibility index (Phi) is 5.07. The van der Waals surface area contributed by atoms with Crippen molar-refractivity contribution in [2.45, 2.75) is 0 Å². The summed E-state index contributed by atoms with van der Waals surface area (Å²) in [5.74, 6) is 0. The largest absolute Gasteiger partial charge is 0 e. The Morgan fingerprint density at radius 2 is 1.17 bits per heavy atom. The molecule has 35 valence electrons. The Bertz CT molecular complexity index is 90.7. The molecule has 0 rings (SSSR count). The fourth-order valence-corrected chi connectivity index (χ4v) is 0. The molecule has 0 unspecified atom stereocenters. The van der Waals surface area contributed by atoms with Gasteiger partial charge in [0.2, 0.25) is 0 Å².